The summed E-state index contributed by atoms with van der Waals surface area (Å²) in [6, 6.07) is 2.27. The molecule has 0 saturated carbocycles. The van der Waals surface area contributed by atoms with Gasteiger partial charge in [-0.2, -0.15) is 13.2 Å². The Bertz CT molecular complexity index is 883. The minimum Gasteiger partial charge on any atom is -0.452 e. The second-order valence-electron chi connectivity index (χ2n) is 4.38. The summed E-state index contributed by atoms with van der Waals surface area (Å²) in [5.41, 5.74) is -1.22. The zero-order chi connectivity index (χ0) is 16.1. The van der Waals surface area contributed by atoms with E-state index in [2.05, 4.69) is 4.98 Å². The smallest absolute Gasteiger partial charge is 0.420 e. The Balaban J connectivity index is 2.37. The summed E-state index contributed by atoms with van der Waals surface area (Å²) in [5, 5.41) is -0.166. The quantitative estimate of drug-likeness (QED) is 0.629. The van der Waals surface area contributed by atoms with Crippen molar-refractivity contribution >= 4 is 35.1 Å². The molecule has 3 heterocycles. The van der Waals surface area contributed by atoms with Crippen LogP contribution in [0, 0.1) is 0 Å². The van der Waals surface area contributed by atoms with Crippen LogP contribution in [0.1, 0.15) is 16.1 Å². The molecule has 0 bridgehead atoms. The fourth-order valence-electron chi connectivity index (χ4n) is 2.04. The van der Waals surface area contributed by atoms with E-state index < -0.39 is 17.4 Å². The first-order valence-electron chi connectivity index (χ1n) is 5.79. The Morgan fingerprint density at radius 2 is 1.95 bits per heavy atom. The summed E-state index contributed by atoms with van der Waals surface area (Å²) in [4.78, 5) is 14.5. The first kappa shape index (κ1) is 14.9. The van der Waals surface area contributed by atoms with E-state index in [4.69, 9.17) is 27.6 Å². The first-order chi connectivity index (χ1) is 10.3. The van der Waals surface area contributed by atoms with Crippen LogP contribution >= 0.6 is 23.2 Å². The van der Waals surface area contributed by atoms with Crippen molar-refractivity contribution in [3.05, 3.63) is 46.2 Å². The van der Waals surface area contributed by atoms with Gasteiger partial charge in [0.25, 0.3) is 0 Å². The number of imidazole rings is 1. The van der Waals surface area contributed by atoms with Crippen molar-refractivity contribution in [1.29, 1.82) is 0 Å². The van der Waals surface area contributed by atoms with Gasteiger partial charge in [0.1, 0.15) is 17.1 Å². The van der Waals surface area contributed by atoms with Crippen LogP contribution in [0.25, 0.3) is 16.8 Å². The van der Waals surface area contributed by atoms with Gasteiger partial charge in [0.15, 0.2) is 17.2 Å². The number of aromatic nitrogens is 2. The molecule has 3 aromatic rings. The molecule has 0 N–H and O–H groups in total. The molecule has 0 atom stereocenters. The van der Waals surface area contributed by atoms with E-state index >= 15 is 0 Å². The lowest BCUT2D eigenvalue weighted by atomic mass is 10.1. The average molecular weight is 349 g/mol. The number of furan rings is 1. The Morgan fingerprint density at radius 3 is 2.50 bits per heavy atom. The van der Waals surface area contributed by atoms with E-state index in [0.29, 0.717) is 11.8 Å². The summed E-state index contributed by atoms with van der Waals surface area (Å²) in [5.74, 6) is 0. The molecule has 0 aliphatic heterocycles. The Labute approximate surface area is 131 Å². The fraction of sp³-hybridized carbons (Fsp3) is 0.0769. The van der Waals surface area contributed by atoms with Crippen molar-refractivity contribution < 1.29 is 22.4 Å². The summed E-state index contributed by atoms with van der Waals surface area (Å²) in [6.45, 7) is 0. The fourth-order valence-corrected chi connectivity index (χ4v) is 2.42. The van der Waals surface area contributed by atoms with Crippen molar-refractivity contribution in [3.8, 4) is 11.1 Å². The van der Waals surface area contributed by atoms with Gasteiger partial charge in [0.2, 0.25) is 0 Å². The van der Waals surface area contributed by atoms with Gasteiger partial charge in [0, 0.05) is 23.4 Å². The summed E-state index contributed by atoms with van der Waals surface area (Å²) < 4.78 is 45.6. The number of nitrogens with zero attached hydrogens (tertiary/aromatic N) is 2. The van der Waals surface area contributed by atoms with E-state index in [9.17, 15) is 18.0 Å². The molecule has 4 nitrogen and oxygen atoms in total. The maximum Gasteiger partial charge on any atom is 0.420 e. The highest BCUT2D eigenvalue weighted by molar-refractivity contribution is 6.32. The van der Waals surface area contributed by atoms with Crippen LogP contribution in [0.2, 0.25) is 10.4 Å². The summed E-state index contributed by atoms with van der Waals surface area (Å²) >= 11 is 11.5. The molecule has 9 heteroatoms. The second-order valence-corrected chi connectivity index (χ2v) is 5.11. The minimum atomic E-state index is -4.67. The molecule has 0 fully saturated rings. The molecule has 0 spiro atoms. The van der Waals surface area contributed by atoms with E-state index in [0.717, 1.165) is 10.5 Å². The van der Waals surface area contributed by atoms with Crippen molar-refractivity contribution in [2.75, 3.05) is 0 Å². The monoisotopic (exact) mass is 348 g/mol. The number of rotatable bonds is 2. The zero-order valence-electron chi connectivity index (χ0n) is 10.5. The lowest BCUT2D eigenvalue weighted by Crippen LogP contribution is -2.08. The average Bonchev–Trinajstić information content (AvgIpc) is 3.01. The molecule has 0 aromatic carbocycles. The van der Waals surface area contributed by atoms with Crippen LogP contribution in [-0.4, -0.2) is 15.7 Å². The van der Waals surface area contributed by atoms with Gasteiger partial charge in [-0.15, -0.1) is 0 Å². The summed E-state index contributed by atoms with van der Waals surface area (Å²) in [6.07, 6.45) is -1.83. The highest BCUT2D eigenvalue weighted by Crippen LogP contribution is 2.37. The second kappa shape index (κ2) is 5.03. The molecule has 0 amide bonds. The van der Waals surface area contributed by atoms with Crippen molar-refractivity contribution in [1.82, 2.24) is 9.38 Å². The number of carbonyl (C=O) groups is 1. The van der Waals surface area contributed by atoms with Gasteiger partial charge < -0.3 is 4.42 Å². The molecule has 114 valence electrons. The van der Waals surface area contributed by atoms with Crippen LogP contribution in [-0.2, 0) is 6.18 Å². The molecule has 22 heavy (non-hydrogen) atoms. The maximum absolute atomic E-state index is 13.2. The lowest BCUT2D eigenvalue weighted by molar-refractivity contribution is -0.136. The highest BCUT2D eigenvalue weighted by Gasteiger charge is 2.35. The van der Waals surface area contributed by atoms with E-state index in [-0.39, 0.29) is 21.6 Å². The molecule has 0 saturated heterocycles. The molecule has 3 aromatic heterocycles. The Kier molecular flexibility index (Phi) is 3.41. The first-order valence-corrected chi connectivity index (χ1v) is 6.55. The molecule has 3 rings (SSSR count). The van der Waals surface area contributed by atoms with Crippen molar-refractivity contribution in [3.63, 3.8) is 0 Å². The van der Waals surface area contributed by atoms with Gasteiger partial charge in [-0.3, -0.25) is 9.20 Å². The largest absolute Gasteiger partial charge is 0.452 e. The van der Waals surface area contributed by atoms with E-state index in [1.54, 1.807) is 0 Å². The topological polar surface area (TPSA) is 47.5 Å². The molecule has 0 radical (unpaired) electrons. The van der Waals surface area contributed by atoms with Crippen LogP contribution in [0.3, 0.4) is 0 Å². The standard InChI is InChI=1S/C13H5Cl2F3N2O2/c14-10-2-7(5-22-10)6-1-8(13(16,17)18)12-19-9(4-21)11(15)20(12)3-6/h1-5H. The predicted molar refractivity (Wildman–Crippen MR) is 73.3 cm³/mol. The third-order valence-electron chi connectivity index (χ3n) is 3.00. The number of hydrogen-bond donors (Lipinski definition) is 0. The molecular weight excluding hydrogens is 344 g/mol. The minimum absolute atomic E-state index is 0.0361. The Morgan fingerprint density at radius 1 is 1.23 bits per heavy atom. The SMILES string of the molecule is O=Cc1nc2c(C(F)(F)F)cc(-c3coc(Cl)c3)cn2c1Cl. The van der Waals surface area contributed by atoms with Crippen LogP contribution < -0.4 is 0 Å². The third kappa shape index (κ3) is 2.36. The zero-order valence-corrected chi connectivity index (χ0v) is 12.0. The molecular formula is C13H5Cl2F3N2O2. The van der Waals surface area contributed by atoms with E-state index in [1.165, 1.54) is 18.5 Å². The van der Waals surface area contributed by atoms with E-state index in [1.807, 2.05) is 0 Å². The number of pyridine rings is 1. The Hall–Kier alpha value is -1.99. The van der Waals surface area contributed by atoms with Crippen LogP contribution in [0.15, 0.2) is 29.0 Å². The predicted octanol–water partition coefficient (Wildman–Crippen LogP) is 4.73. The number of carbonyl (C=O) groups excluding carboxylic acids is 1. The number of aldehydes is 1. The van der Waals surface area contributed by atoms with Crippen molar-refractivity contribution in [2.24, 2.45) is 0 Å². The van der Waals surface area contributed by atoms with Gasteiger partial charge in [-0.05, 0) is 17.7 Å². The molecule has 0 unspecified atom stereocenters. The lowest BCUT2D eigenvalue weighted by Gasteiger charge is -2.10. The maximum atomic E-state index is 13.2. The summed E-state index contributed by atoms with van der Waals surface area (Å²) in [7, 11) is 0. The number of hydrogen-bond acceptors (Lipinski definition) is 3. The van der Waals surface area contributed by atoms with Crippen LogP contribution in [0.5, 0.6) is 0 Å². The number of alkyl halides is 3. The molecule has 0 aliphatic rings. The third-order valence-corrected chi connectivity index (χ3v) is 3.58. The van der Waals surface area contributed by atoms with Gasteiger partial charge >= 0.3 is 6.18 Å². The van der Waals surface area contributed by atoms with Crippen LogP contribution in [0.4, 0.5) is 13.2 Å². The van der Waals surface area contributed by atoms with Gasteiger partial charge in [-0.25, -0.2) is 4.98 Å². The van der Waals surface area contributed by atoms with Gasteiger partial charge in [-0.1, -0.05) is 11.6 Å². The van der Waals surface area contributed by atoms with Crippen molar-refractivity contribution in [2.45, 2.75) is 6.18 Å². The molecule has 0 aliphatic carbocycles. The number of fused-ring (bicyclic) bond motifs is 1. The number of halogens is 5. The van der Waals surface area contributed by atoms with Gasteiger partial charge in [0.05, 0.1) is 5.56 Å². The highest BCUT2D eigenvalue weighted by atomic mass is 35.5. The normalized spacial score (nSPS) is 12.0.